The zero-order valence-corrected chi connectivity index (χ0v) is 8.61. The van der Waals surface area contributed by atoms with Crippen LogP contribution in [0.25, 0.3) is 0 Å². The molecule has 0 unspecified atom stereocenters. The molecule has 0 spiro atoms. The first kappa shape index (κ1) is 10.4. The van der Waals surface area contributed by atoms with Gasteiger partial charge < -0.3 is 15.3 Å². The maximum absolute atomic E-state index is 9.20. The number of piperidine rings is 2. The lowest BCUT2D eigenvalue weighted by molar-refractivity contribution is -0.141. The van der Waals surface area contributed by atoms with E-state index in [1.165, 1.54) is 5.06 Å². The van der Waals surface area contributed by atoms with Gasteiger partial charge in [-0.1, -0.05) is 0 Å². The molecule has 0 aromatic carbocycles. The molecule has 0 saturated carbocycles. The lowest BCUT2D eigenvalue weighted by Gasteiger charge is -2.32. The summed E-state index contributed by atoms with van der Waals surface area (Å²) < 4.78 is 6.00. The van der Waals surface area contributed by atoms with Gasteiger partial charge in [-0.15, -0.1) is 0 Å². The largest absolute Gasteiger partial charge is 0.375 e. The van der Waals surface area contributed by atoms with Gasteiger partial charge in [0.15, 0.2) is 0 Å². The molecular formula is C10H20N2O2. The van der Waals surface area contributed by atoms with Crippen LogP contribution in [0.1, 0.15) is 25.7 Å². The second kappa shape index (κ2) is 5.07. The number of nitrogens with zero attached hydrogens (tertiary/aromatic N) is 1. The van der Waals surface area contributed by atoms with Crippen LogP contribution in [-0.2, 0) is 4.74 Å². The topological polar surface area (TPSA) is 44.7 Å². The van der Waals surface area contributed by atoms with Gasteiger partial charge in [-0.05, 0) is 38.8 Å². The Labute approximate surface area is 85.2 Å². The average molecular weight is 200 g/mol. The zero-order chi connectivity index (χ0) is 9.80. The first-order chi connectivity index (χ1) is 6.84. The van der Waals surface area contributed by atoms with E-state index in [4.69, 9.17) is 4.74 Å². The SMILES string of the molecule is ON1CCC(OC2CCNCC2)CC1. The highest BCUT2D eigenvalue weighted by Crippen LogP contribution is 2.17. The minimum atomic E-state index is 0.376. The first-order valence-electron chi connectivity index (χ1n) is 5.64. The van der Waals surface area contributed by atoms with E-state index in [0.29, 0.717) is 12.2 Å². The Kier molecular flexibility index (Phi) is 3.75. The minimum Gasteiger partial charge on any atom is -0.375 e. The van der Waals surface area contributed by atoms with Crippen molar-refractivity contribution in [2.45, 2.75) is 37.9 Å². The van der Waals surface area contributed by atoms with Crippen molar-refractivity contribution in [3.05, 3.63) is 0 Å². The summed E-state index contributed by atoms with van der Waals surface area (Å²) in [6.07, 6.45) is 5.05. The van der Waals surface area contributed by atoms with Crippen molar-refractivity contribution in [1.82, 2.24) is 10.4 Å². The van der Waals surface area contributed by atoms with Gasteiger partial charge in [-0.2, -0.15) is 5.06 Å². The second-order valence-corrected chi connectivity index (χ2v) is 4.24. The fraction of sp³-hybridized carbons (Fsp3) is 1.00. The van der Waals surface area contributed by atoms with Gasteiger partial charge in [0, 0.05) is 13.1 Å². The van der Waals surface area contributed by atoms with E-state index in [0.717, 1.165) is 51.9 Å². The van der Waals surface area contributed by atoms with E-state index >= 15 is 0 Å². The summed E-state index contributed by atoms with van der Waals surface area (Å²) in [6, 6.07) is 0. The van der Waals surface area contributed by atoms with Crippen LogP contribution in [0.15, 0.2) is 0 Å². The summed E-state index contributed by atoms with van der Waals surface area (Å²) in [5.74, 6) is 0. The summed E-state index contributed by atoms with van der Waals surface area (Å²) in [6.45, 7) is 3.69. The minimum absolute atomic E-state index is 0.376. The highest BCUT2D eigenvalue weighted by molar-refractivity contribution is 4.73. The third-order valence-electron chi connectivity index (χ3n) is 3.09. The Balaban J connectivity index is 1.68. The lowest BCUT2D eigenvalue weighted by Crippen LogP contribution is -2.39. The smallest absolute Gasteiger partial charge is 0.0605 e. The van der Waals surface area contributed by atoms with Crippen molar-refractivity contribution in [3.63, 3.8) is 0 Å². The van der Waals surface area contributed by atoms with Gasteiger partial charge in [-0.3, -0.25) is 0 Å². The van der Waals surface area contributed by atoms with E-state index in [2.05, 4.69) is 5.32 Å². The van der Waals surface area contributed by atoms with Crippen LogP contribution in [0.2, 0.25) is 0 Å². The fourth-order valence-electron chi connectivity index (χ4n) is 2.18. The Bertz CT molecular complexity index is 164. The predicted octanol–water partition coefficient (Wildman–Crippen LogP) is 0.609. The number of ether oxygens (including phenoxy) is 1. The number of hydroxylamine groups is 2. The van der Waals surface area contributed by atoms with Crippen LogP contribution in [0.5, 0.6) is 0 Å². The molecule has 0 aromatic rings. The molecule has 2 saturated heterocycles. The zero-order valence-electron chi connectivity index (χ0n) is 8.61. The van der Waals surface area contributed by atoms with Crippen LogP contribution in [0.4, 0.5) is 0 Å². The summed E-state index contributed by atoms with van der Waals surface area (Å²) in [7, 11) is 0. The van der Waals surface area contributed by atoms with Crippen molar-refractivity contribution < 1.29 is 9.94 Å². The molecule has 0 aliphatic carbocycles. The van der Waals surface area contributed by atoms with Crippen LogP contribution in [0, 0.1) is 0 Å². The molecule has 2 fully saturated rings. The normalized spacial score (nSPS) is 28.1. The fourth-order valence-corrected chi connectivity index (χ4v) is 2.18. The summed E-state index contributed by atoms with van der Waals surface area (Å²) in [5.41, 5.74) is 0. The van der Waals surface area contributed by atoms with Gasteiger partial charge in [0.05, 0.1) is 12.2 Å². The molecule has 14 heavy (non-hydrogen) atoms. The number of hydrogen-bond donors (Lipinski definition) is 2. The van der Waals surface area contributed by atoms with E-state index in [1.807, 2.05) is 0 Å². The van der Waals surface area contributed by atoms with Crippen molar-refractivity contribution in [2.24, 2.45) is 0 Å². The molecule has 2 N–H and O–H groups in total. The molecule has 0 bridgehead atoms. The highest BCUT2D eigenvalue weighted by Gasteiger charge is 2.22. The molecule has 82 valence electrons. The van der Waals surface area contributed by atoms with E-state index in [9.17, 15) is 5.21 Å². The molecule has 0 radical (unpaired) electrons. The molecule has 2 heterocycles. The van der Waals surface area contributed by atoms with Crippen LogP contribution < -0.4 is 5.32 Å². The lowest BCUT2D eigenvalue weighted by atomic mass is 10.1. The van der Waals surface area contributed by atoms with E-state index < -0.39 is 0 Å². The van der Waals surface area contributed by atoms with Crippen molar-refractivity contribution >= 4 is 0 Å². The molecular weight excluding hydrogens is 180 g/mol. The van der Waals surface area contributed by atoms with Crippen molar-refractivity contribution in [3.8, 4) is 0 Å². The molecule has 0 aromatic heterocycles. The van der Waals surface area contributed by atoms with Crippen LogP contribution in [-0.4, -0.2) is 48.7 Å². The quantitative estimate of drug-likeness (QED) is 0.685. The van der Waals surface area contributed by atoms with Gasteiger partial charge in [-0.25, -0.2) is 0 Å². The third kappa shape index (κ3) is 2.92. The average Bonchev–Trinajstić information content (AvgIpc) is 2.23. The Morgan fingerprint density at radius 1 is 1.00 bits per heavy atom. The number of rotatable bonds is 2. The highest BCUT2D eigenvalue weighted by atomic mass is 16.5. The Hall–Kier alpha value is -0.160. The van der Waals surface area contributed by atoms with E-state index in [-0.39, 0.29) is 0 Å². The summed E-state index contributed by atoms with van der Waals surface area (Å²) in [4.78, 5) is 0. The summed E-state index contributed by atoms with van der Waals surface area (Å²) >= 11 is 0. The molecule has 4 nitrogen and oxygen atoms in total. The monoisotopic (exact) mass is 200 g/mol. The predicted molar refractivity (Wildman–Crippen MR) is 53.4 cm³/mol. The summed E-state index contributed by atoms with van der Waals surface area (Å²) in [5, 5.41) is 13.9. The molecule has 4 heteroatoms. The first-order valence-corrected chi connectivity index (χ1v) is 5.64. The Morgan fingerprint density at radius 2 is 1.57 bits per heavy atom. The number of nitrogens with one attached hydrogen (secondary N) is 1. The molecule has 2 rings (SSSR count). The van der Waals surface area contributed by atoms with Crippen molar-refractivity contribution in [2.75, 3.05) is 26.2 Å². The van der Waals surface area contributed by atoms with Gasteiger partial charge in [0.25, 0.3) is 0 Å². The molecule has 2 aliphatic heterocycles. The molecule has 2 aliphatic rings. The van der Waals surface area contributed by atoms with Crippen LogP contribution in [0.3, 0.4) is 0 Å². The third-order valence-corrected chi connectivity index (χ3v) is 3.09. The van der Waals surface area contributed by atoms with E-state index in [1.54, 1.807) is 0 Å². The van der Waals surface area contributed by atoms with Crippen LogP contribution >= 0.6 is 0 Å². The van der Waals surface area contributed by atoms with Gasteiger partial charge in [0.2, 0.25) is 0 Å². The Morgan fingerprint density at radius 3 is 2.21 bits per heavy atom. The van der Waals surface area contributed by atoms with Gasteiger partial charge >= 0.3 is 0 Å². The van der Waals surface area contributed by atoms with Gasteiger partial charge in [0.1, 0.15) is 0 Å². The molecule has 0 amide bonds. The molecule has 0 atom stereocenters. The maximum Gasteiger partial charge on any atom is 0.0605 e. The standard InChI is InChI=1S/C10H20N2O2/c13-12-7-3-10(4-8-12)14-9-1-5-11-6-2-9/h9-11,13H,1-8H2. The number of hydrogen-bond acceptors (Lipinski definition) is 4. The van der Waals surface area contributed by atoms with Crippen molar-refractivity contribution in [1.29, 1.82) is 0 Å². The maximum atomic E-state index is 9.20. The second-order valence-electron chi connectivity index (χ2n) is 4.24.